The van der Waals surface area contributed by atoms with Crippen LogP contribution in [0.4, 0.5) is 0 Å². The van der Waals surface area contributed by atoms with E-state index in [1.54, 1.807) is 0 Å². The summed E-state index contributed by atoms with van der Waals surface area (Å²) in [5.74, 6) is 4.20. The standard InChI is InChI=1S/C48H30O3/c1-7-19-40-31(13-1)25-32-14-2-8-20-41(32)46(40)49-37-28-38(50-47-42-21-9-3-15-33(42)26-34-16-4-10-22-43(34)47)30-39(29-37)51-48-44-23-11-5-17-35(44)27-36-18-6-12-24-45(36)48/h1-30H. The Morgan fingerprint density at radius 1 is 0.216 bits per heavy atom. The van der Waals surface area contributed by atoms with E-state index in [0.29, 0.717) is 17.2 Å². The molecule has 0 saturated carbocycles. The van der Waals surface area contributed by atoms with E-state index in [2.05, 4.69) is 164 Å². The highest BCUT2D eigenvalue weighted by Gasteiger charge is 2.17. The summed E-state index contributed by atoms with van der Waals surface area (Å²) < 4.78 is 20.9. The van der Waals surface area contributed by atoms with Crippen molar-refractivity contribution < 1.29 is 14.2 Å². The molecule has 10 aromatic carbocycles. The Morgan fingerprint density at radius 3 is 0.627 bits per heavy atom. The third kappa shape index (κ3) is 5.15. The van der Waals surface area contributed by atoms with E-state index in [-0.39, 0.29) is 0 Å². The van der Waals surface area contributed by atoms with Gasteiger partial charge in [0.05, 0.1) is 0 Å². The summed E-state index contributed by atoms with van der Waals surface area (Å²) in [7, 11) is 0. The first-order valence-electron chi connectivity index (χ1n) is 17.2. The van der Waals surface area contributed by atoms with Crippen molar-refractivity contribution in [1.82, 2.24) is 0 Å². The molecule has 0 amide bonds. The molecule has 0 N–H and O–H groups in total. The van der Waals surface area contributed by atoms with Crippen molar-refractivity contribution in [3.8, 4) is 34.5 Å². The Morgan fingerprint density at radius 2 is 0.412 bits per heavy atom. The first-order chi connectivity index (χ1) is 25.2. The van der Waals surface area contributed by atoms with E-state index in [4.69, 9.17) is 14.2 Å². The summed E-state index contributed by atoms with van der Waals surface area (Å²) in [6, 6.07) is 62.6. The Bertz CT molecular complexity index is 2470. The summed E-state index contributed by atoms with van der Waals surface area (Å²) in [5, 5.41) is 12.9. The zero-order valence-corrected chi connectivity index (χ0v) is 27.5. The lowest BCUT2D eigenvalue weighted by Gasteiger charge is -2.18. The predicted octanol–water partition coefficient (Wildman–Crippen LogP) is 14.0. The van der Waals surface area contributed by atoms with E-state index in [1.807, 2.05) is 18.2 Å². The van der Waals surface area contributed by atoms with E-state index in [1.165, 1.54) is 0 Å². The molecule has 0 unspecified atom stereocenters. The second-order valence-corrected chi connectivity index (χ2v) is 12.9. The largest absolute Gasteiger partial charge is 0.456 e. The van der Waals surface area contributed by atoms with Crippen molar-refractivity contribution in [3.05, 3.63) is 182 Å². The van der Waals surface area contributed by atoms with Crippen molar-refractivity contribution in [1.29, 1.82) is 0 Å². The molecule has 0 aliphatic carbocycles. The fourth-order valence-electron chi connectivity index (χ4n) is 7.32. The van der Waals surface area contributed by atoms with Gasteiger partial charge in [-0.2, -0.15) is 0 Å². The Balaban J connectivity index is 1.18. The summed E-state index contributed by atoms with van der Waals surface area (Å²) >= 11 is 0. The monoisotopic (exact) mass is 654 g/mol. The van der Waals surface area contributed by atoms with E-state index >= 15 is 0 Å². The molecular formula is C48H30O3. The molecule has 0 aromatic heterocycles. The zero-order valence-electron chi connectivity index (χ0n) is 27.5. The van der Waals surface area contributed by atoms with Crippen molar-refractivity contribution >= 4 is 64.6 Å². The van der Waals surface area contributed by atoms with Gasteiger partial charge in [-0.25, -0.2) is 0 Å². The molecule has 0 radical (unpaired) electrons. The number of hydrogen-bond acceptors (Lipinski definition) is 3. The van der Waals surface area contributed by atoms with Crippen LogP contribution in [0.15, 0.2) is 182 Å². The van der Waals surface area contributed by atoms with Gasteiger partial charge >= 0.3 is 0 Å². The first-order valence-corrected chi connectivity index (χ1v) is 17.2. The van der Waals surface area contributed by atoms with Crippen LogP contribution in [-0.4, -0.2) is 0 Å². The van der Waals surface area contributed by atoms with Crippen LogP contribution in [0.3, 0.4) is 0 Å². The molecule has 0 atom stereocenters. The van der Waals surface area contributed by atoms with Crippen molar-refractivity contribution in [2.24, 2.45) is 0 Å². The van der Waals surface area contributed by atoms with E-state index in [0.717, 1.165) is 81.9 Å². The summed E-state index contributed by atoms with van der Waals surface area (Å²) in [5.41, 5.74) is 0. The van der Waals surface area contributed by atoms with E-state index in [9.17, 15) is 0 Å². The number of ether oxygens (including phenoxy) is 3. The van der Waals surface area contributed by atoms with Crippen LogP contribution < -0.4 is 14.2 Å². The Hall–Kier alpha value is -6.84. The zero-order chi connectivity index (χ0) is 33.7. The number of rotatable bonds is 6. The van der Waals surface area contributed by atoms with Gasteiger partial charge in [-0.1, -0.05) is 146 Å². The summed E-state index contributed by atoms with van der Waals surface area (Å²) in [6.07, 6.45) is 0. The third-order valence-corrected chi connectivity index (χ3v) is 9.68. The lowest BCUT2D eigenvalue weighted by Crippen LogP contribution is -1.94. The Kier molecular flexibility index (Phi) is 6.81. The summed E-state index contributed by atoms with van der Waals surface area (Å²) in [4.78, 5) is 0. The highest BCUT2D eigenvalue weighted by molar-refractivity contribution is 6.07. The number of benzene rings is 10. The van der Waals surface area contributed by atoms with Crippen LogP contribution >= 0.6 is 0 Å². The molecule has 0 saturated heterocycles. The van der Waals surface area contributed by atoms with Gasteiger partial charge in [0.1, 0.15) is 34.5 Å². The minimum Gasteiger partial charge on any atom is -0.456 e. The molecule has 0 spiro atoms. The lowest BCUT2D eigenvalue weighted by atomic mass is 10.0. The molecule has 10 rings (SSSR count). The van der Waals surface area contributed by atoms with Crippen molar-refractivity contribution in [2.45, 2.75) is 0 Å². The molecular weight excluding hydrogens is 625 g/mol. The van der Waals surface area contributed by atoms with Gasteiger partial charge in [-0.05, 0) is 50.5 Å². The van der Waals surface area contributed by atoms with Gasteiger partial charge in [-0.3, -0.25) is 0 Å². The first kappa shape index (κ1) is 29.1. The molecule has 240 valence electrons. The van der Waals surface area contributed by atoms with Crippen LogP contribution in [0, 0.1) is 0 Å². The van der Waals surface area contributed by atoms with Crippen molar-refractivity contribution in [3.63, 3.8) is 0 Å². The van der Waals surface area contributed by atoms with Crippen LogP contribution in [-0.2, 0) is 0 Å². The van der Waals surface area contributed by atoms with Gasteiger partial charge in [0.2, 0.25) is 0 Å². The number of fused-ring (bicyclic) bond motifs is 6. The molecule has 0 bridgehead atoms. The van der Waals surface area contributed by atoms with Gasteiger partial charge in [0.25, 0.3) is 0 Å². The molecule has 0 aliphatic rings. The van der Waals surface area contributed by atoms with Crippen LogP contribution in [0.25, 0.3) is 64.6 Å². The van der Waals surface area contributed by atoms with Crippen LogP contribution in [0.5, 0.6) is 34.5 Å². The molecule has 10 aromatic rings. The SMILES string of the molecule is c1ccc2c(Oc3cc(Oc4c5ccccc5cc5ccccc45)cc(Oc4c5ccccc5cc5ccccc45)c3)c3ccccc3cc2c1. The maximum atomic E-state index is 6.95. The van der Waals surface area contributed by atoms with Gasteiger partial charge in [0.15, 0.2) is 0 Å². The van der Waals surface area contributed by atoms with E-state index < -0.39 is 0 Å². The minimum atomic E-state index is 0.609. The van der Waals surface area contributed by atoms with Crippen molar-refractivity contribution in [2.75, 3.05) is 0 Å². The second kappa shape index (κ2) is 11.9. The molecule has 0 fully saturated rings. The fourth-order valence-corrected chi connectivity index (χ4v) is 7.32. The van der Waals surface area contributed by atoms with Crippen LogP contribution in [0.2, 0.25) is 0 Å². The average molecular weight is 655 g/mol. The number of hydrogen-bond donors (Lipinski definition) is 0. The maximum absolute atomic E-state index is 6.95. The summed E-state index contributed by atoms with van der Waals surface area (Å²) in [6.45, 7) is 0. The lowest BCUT2D eigenvalue weighted by molar-refractivity contribution is 0.449. The minimum absolute atomic E-state index is 0.609. The molecule has 51 heavy (non-hydrogen) atoms. The topological polar surface area (TPSA) is 27.7 Å². The molecule has 0 aliphatic heterocycles. The smallest absolute Gasteiger partial charge is 0.143 e. The van der Waals surface area contributed by atoms with Gasteiger partial charge in [-0.15, -0.1) is 0 Å². The second-order valence-electron chi connectivity index (χ2n) is 12.9. The fraction of sp³-hybridized carbons (Fsp3) is 0. The normalized spacial score (nSPS) is 11.5. The molecule has 3 heteroatoms. The molecule has 0 heterocycles. The van der Waals surface area contributed by atoms with Crippen LogP contribution in [0.1, 0.15) is 0 Å². The Labute approximate surface area is 294 Å². The third-order valence-electron chi connectivity index (χ3n) is 9.68. The highest BCUT2D eigenvalue weighted by Crippen LogP contribution is 2.45. The highest BCUT2D eigenvalue weighted by atomic mass is 16.5. The van der Waals surface area contributed by atoms with Gasteiger partial charge < -0.3 is 14.2 Å². The predicted molar refractivity (Wildman–Crippen MR) is 211 cm³/mol. The van der Waals surface area contributed by atoms with Gasteiger partial charge in [0, 0.05) is 50.5 Å². The maximum Gasteiger partial charge on any atom is 0.143 e. The quantitative estimate of drug-likeness (QED) is 0.167. The average Bonchev–Trinajstić information content (AvgIpc) is 3.17. The molecule has 3 nitrogen and oxygen atoms in total.